The molecule has 2 amide bonds. The Balaban J connectivity index is 1.62. The van der Waals surface area contributed by atoms with Crippen LogP contribution < -0.4 is 0 Å². The molecular weight excluding hydrogens is 588 g/mol. The lowest BCUT2D eigenvalue weighted by atomic mass is 9.70. The summed E-state index contributed by atoms with van der Waals surface area (Å²) in [5.74, 6) is -2.37. The quantitative estimate of drug-likeness (QED) is 0.119. The number of allylic oxidation sites excluding steroid dienone is 1. The molecule has 0 saturated carbocycles. The van der Waals surface area contributed by atoms with Crippen LogP contribution in [0.1, 0.15) is 56.9 Å². The van der Waals surface area contributed by atoms with Gasteiger partial charge in [-0.05, 0) is 44.1 Å². The van der Waals surface area contributed by atoms with Crippen molar-refractivity contribution in [2.24, 2.45) is 11.8 Å². The normalized spacial score (nSPS) is 28.0. The Labute approximate surface area is 251 Å². The Morgan fingerprint density at radius 3 is 2.59 bits per heavy atom. The fourth-order valence-electron chi connectivity index (χ4n) is 6.69. The maximum Gasteiger partial charge on any atom is 0.312 e. The zero-order chi connectivity index (χ0) is 29.4. The van der Waals surface area contributed by atoms with Gasteiger partial charge in [-0.3, -0.25) is 14.4 Å². The van der Waals surface area contributed by atoms with Crippen molar-refractivity contribution in [1.29, 1.82) is 0 Å². The molecule has 0 aromatic heterocycles. The number of nitrogens with zero attached hydrogens (tertiary/aromatic N) is 2. The van der Waals surface area contributed by atoms with Gasteiger partial charge >= 0.3 is 5.97 Å². The van der Waals surface area contributed by atoms with Gasteiger partial charge in [-0.15, -0.1) is 13.2 Å². The number of hydrogen-bond donors (Lipinski definition) is 1. The molecule has 6 atom stereocenters. The molecule has 2 bridgehead atoms. The van der Waals surface area contributed by atoms with Gasteiger partial charge in [0.1, 0.15) is 11.6 Å². The molecule has 1 aromatic carbocycles. The van der Waals surface area contributed by atoms with E-state index in [4.69, 9.17) is 14.6 Å². The highest BCUT2D eigenvalue weighted by molar-refractivity contribution is 9.09. The number of hydrogen-bond acceptors (Lipinski definition) is 6. The van der Waals surface area contributed by atoms with E-state index in [-0.39, 0.29) is 29.9 Å². The lowest BCUT2D eigenvalue weighted by Gasteiger charge is -2.37. The van der Waals surface area contributed by atoms with E-state index in [0.29, 0.717) is 45.3 Å². The zero-order valence-electron chi connectivity index (χ0n) is 23.8. The van der Waals surface area contributed by atoms with E-state index in [2.05, 4.69) is 29.1 Å². The molecule has 3 unspecified atom stereocenters. The molecule has 3 fully saturated rings. The fraction of sp³-hybridized carbons (Fsp3) is 0.594. The van der Waals surface area contributed by atoms with Crippen molar-refractivity contribution in [2.75, 3.05) is 26.3 Å². The smallest absolute Gasteiger partial charge is 0.312 e. The Morgan fingerprint density at radius 1 is 1.12 bits per heavy atom. The molecule has 4 rings (SSSR count). The summed E-state index contributed by atoms with van der Waals surface area (Å²) in [6, 6.07) is 8.89. The van der Waals surface area contributed by atoms with Gasteiger partial charge in [0.05, 0.1) is 24.5 Å². The molecule has 3 saturated heterocycles. The molecule has 1 aromatic rings. The highest BCUT2D eigenvalue weighted by Crippen LogP contribution is 2.60. The Bertz CT molecular complexity index is 1080. The van der Waals surface area contributed by atoms with E-state index in [1.54, 1.807) is 15.9 Å². The Morgan fingerprint density at radius 2 is 1.88 bits per heavy atom. The summed E-state index contributed by atoms with van der Waals surface area (Å²) < 4.78 is 12.3. The predicted octanol–water partition coefficient (Wildman–Crippen LogP) is 4.40. The first kappa shape index (κ1) is 31.4. The largest absolute Gasteiger partial charge is 0.465 e. The predicted molar refractivity (Wildman–Crippen MR) is 160 cm³/mol. The minimum Gasteiger partial charge on any atom is -0.465 e. The van der Waals surface area contributed by atoms with Gasteiger partial charge in [-0.2, -0.15) is 0 Å². The lowest BCUT2D eigenvalue weighted by Crippen LogP contribution is -2.56. The number of esters is 1. The molecular formula is C32H43BrN2O6. The van der Waals surface area contributed by atoms with Crippen LogP contribution in [0.3, 0.4) is 0 Å². The first-order valence-electron chi connectivity index (χ1n) is 14.8. The highest BCUT2D eigenvalue weighted by atomic mass is 79.9. The van der Waals surface area contributed by atoms with Crippen LogP contribution in [0.25, 0.3) is 0 Å². The first-order chi connectivity index (χ1) is 19.9. The molecule has 1 spiro atoms. The van der Waals surface area contributed by atoms with E-state index in [1.807, 2.05) is 36.4 Å². The molecule has 41 heavy (non-hydrogen) atoms. The van der Waals surface area contributed by atoms with Gasteiger partial charge in [0.2, 0.25) is 11.8 Å². The molecule has 9 heteroatoms. The van der Waals surface area contributed by atoms with E-state index in [0.717, 1.165) is 31.2 Å². The molecule has 0 radical (unpaired) electrons. The first-order valence-corrected chi connectivity index (χ1v) is 15.8. The maximum absolute atomic E-state index is 14.4. The minimum atomic E-state index is -1.11. The summed E-state index contributed by atoms with van der Waals surface area (Å²) in [5.41, 5.74) is -0.134. The Hall–Kier alpha value is -2.49. The summed E-state index contributed by atoms with van der Waals surface area (Å²) in [7, 11) is 0. The number of benzene rings is 1. The van der Waals surface area contributed by atoms with Gasteiger partial charge in [0.15, 0.2) is 0 Å². The summed E-state index contributed by atoms with van der Waals surface area (Å²) in [4.78, 5) is 45.3. The number of carbonyl (C=O) groups excluding carboxylic acids is 3. The number of alkyl halides is 1. The molecule has 224 valence electrons. The monoisotopic (exact) mass is 630 g/mol. The number of aliphatic hydroxyl groups is 1. The SMILES string of the molecule is C=CCCCCOC(=O)[C@H]1[C@H]2C(=O)N(CCCCCCO)C(C(=O)N(CC=C)Cc3ccccc3)C23CC(Br)[C@@H]1O3. The maximum atomic E-state index is 14.4. The summed E-state index contributed by atoms with van der Waals surface area (Å²) >= 11 is 3.72. The van der Waals surface area contributed by atoms with Gasteiger partial charge in [0.25, 0.3) is 0 Å². The van der Waals surface area contributed by atoms with Crippen LogP contribution in [0.2, 0.25) is 0 Å². The number of unbranched alkanes of at least 4 members (excludes halogenated alkanes) is 5. The Kier molecular flexibility index (Phi) is 11.2. The summed E-state index contributed by atoms with van der Waals surface area (Å²) in [5, 5.41) is 9.16. The third-order valence-electron chi connectivity index (χ3n) is 8.53. The number of amides is 2. The van der Waals surface area contributed by atoms with E-state index in [9.17, 15) is 14.4 Å². The molecule has 3 aliphatic rings. The van der Waals surface area contributed by atoms with Gasteiger partial charge in [0, 0.05) is 31.1 Å². The minimum absolute atomic E-state index is 0.129. The fourth-order valence-corrected chi connectivity index (χ4v) is 7.63. The van der Waals surface area contributed by atoms with Crippen molar-refractivity contribution in [1.82, 2.24) is 9.80 Å². The van der Waals surface area contributed by atoms with Crippen LogP contribution in [-0.2, 0) is 30.4 Å². The molecule has 0 aliphatic carbocycles. The van der Waals surface area contributed by atoms with Crippen LogP contribution in [0, 0.1) is 11.8 Å². The second kappa shape index (κ2) is 14.6. The molecule has 3 aliphatic heterocycles. The third-order valence-corrected chi connectivity index (χ3v) is 9.37. The van der Waals surface area contributed by atoms with Crippen molar-refractivity contribution in [2.45, 2.75) is 80.5 Å². The second-order valence-electron chi connectivity index (χ2n) is 11.3. The third kappa shape index (κ3) is 6.62. The number of aliphatic hydroxyl groups excluding tert-OH is 1. The van der Waals surface area contributed by atoms with Crippen LogP contribution in [0.4, 0.5) is 0 Å². The standard InChI is InChI=1S/C32H43BrN2O6/c1-3-5-6-14-20-40-31(39)25-26-29(37)35(18-12-7-8-13-19-36)28(32(26)21-24(33)27(25)41-32)30(38)34(17-4-2)22-23-15-10-9-11-16-23/h3-4,9-11,15-16,24-28,36H,1-2,5-8,12-14,17-22H2/t24?,25-,26-,27-,28?,32?/m0/s1. The summed E-state index contributed by atoms with van der Waals surface area (Å²) in [6.07, 6.45) is 8.95. The topological polar surface area (TPSA) is 96.4 Å². The van der Waals surface area contributed by atoms with E-state index < -0.39 is 35.6 Å². The molecule has 3 heterocycles. The van der Waals surface area contributed by atoms with Gasteiger partial charge < -0.3 is 24.4 Å². The number of ether oxygens (including phenoxy) is 2. The zero-order valence-corrected chi connectivity index (χ0v) is 25.4. The number of carbonyl (C=O) groups is 3. The van der Waals surface area contributed by atoms with Crippen molar-refractivity contribution >= 4 is 33.7 Å². The van der Waals surface area contributed by atoms with Crippen molar-refractivity contribution in [3.63, 3.8) is 0 Å². The van der Waals surface area contributed by atoms with Crippen LogP contribution in [0.5, 0.6) is 0 Å². The average molecular weight is 632 g/mol. The van der Waals surface area contributed by atoms with Crippen molar-refractivity contribution in [3.05, 3.63) is 61.2 Å². The van der Waals surface area contributed by atoms with Gasteiger partial charge in [-0.25, -0.2) is 0 Å². The van der Waals surface area contributed by atoms with Crippen LogP contribution in [0.15, 0.2) is 55.6 Å². The van der Waals surface area contributed by atoms with E-state index in [1.165, 1.54) is 0 Å². The van der Waals surface area contributed by atoms with Crippen molar-refractivity contribution < 1.29 is 29.0 Å². The highest BCUT2D eigenvalue weighted by Gasteiger charge is 2.77. The second-order valence-corrected chi connectivity index (χ2v) is 12.5. The number of likely N-dealkylation sites (tertiary alicyclic amines) is 1. The lowest BCUT2D eigenvalue weighted by molar-refractivity contribution is -0.155. The van der Waals surface area contributed by atoms with E-state index >= 15 is 0 Å². The molecule has 8 nitrogen and oxygen atoms in total. The number of halogens is 1. The average Bonchev–Trinajstić information content (AvgIpc) is 3.56. The van der Waals surface area contributed by atoms with Crippen molar-refractivity contribution in [3.8, 4) is 0 Å². The summed E-state index contributed by atoms with van der Waals surface area (Å²) in [6.45, 7) is 9.08. The number of rotatable bonds is 17. The van der Waals surface area contributed by atoms with Crippen LogP contribution >= 0.6 is 15.9 Å². The number of fused-ring (bicyclic) bond motifs is 1. The van der Waals surface area contributed by atoms with Crippen LogP contribution in [-0.4, -0.2) is 81.6 Å². The molecule has 1 N–H and O–H groups in total. The van der Waals surface area contributed by atoms with Gasteiger partial charge in [-0.1, -0.05) is 71.3 Å².